The second-order valence-corrected chi connectivity index (χ2v) is 12.0. The zero-order valence-electron chi connectivity index (χ0n) is 25.9. The summed E-state index contributed by atoms with van der Waals surface area (Å²) in [5, 5.41) is 11.1. The number of aromatic nitrogens is 2. The number of urea groups is 1. The third-order valence-electron chi connectivity index (χ3n) is 7.46. The fourth-order valence-corrected chi connectivity index (χ4v) is 5.37. The van der Waals surface area contributed by atoms with Gasteiger partial charge in [-0.1, -0.05) is 60.7 Å². The molecule has 2 amide bonds. The number of hydrogen-bond donors (Lipinski definition) is 2. The number of anilines is 1. The monoisotopic (exact) mass is 596 g/mol. The van der Waals surface area contributed by atoms with Gasteiger partial charge in [0, 0.05) is 24.8 Å². The summed E-state index contributed by atoms with van der Waals surface area (Å²) in [5.41, 5.74) is 3.96. The first kappa shape index (κ1) is 31.0. The van der Waals surface area contributed by atoms with E-state index in [0.717, 1.165) is 28.8 Å². The molecule has 230 valence electrons. The van der Waals surface area contributed by atoms with Crippen LogP contribution in [0.2, 0.25) is 0 Å². The molecule has 4 aromatic rings. The van der Waals surface area contributed by atoms with Gasteiger partial charge in [-0.3, -0.25) is 5.32 Å². The Bertz CT molecular complexity index is 1560. The highest BCUT2D eigenvalue weighted by molar-refractivity contribution is 5.92. The van der Waals surface area contributed by atoms with Crippen LogP contribution in [0.5, 0.6) is 0 Å². The predicted octanol–water partition coefficient (Wildman–Crippen LogP) is 6.86. The van der Waals surface area contributed by atoms with Crippen molar-refractivity contribution in [3.63, 3.8) is 0 Å². The van der Waals surface area contributed by atoms with Crippen molar-refractivity contribution >= 4 is 17.8 Å². The Balaban J connectivity index is 1.40. The minimum Gasteiger partial charge on any atom is -0.456 e. The predicted molar refractivity (Wildman–Crippen MR) is 170 cm³/mol. The average molecular weight is 597 g/mol. The molecule has 0 radical (unpaired) electrons. The van der Waals surface area contributed by atoms with Crippen LogP contribution < -0.4 is 10.6 Å². The zero-order chi connectivity index (χ0) is 31.3. The maximum atomic E-state index is 13.6. The van der Waals surface area contributed by atoms with Gasteiger partial charge in [-0.25, -0.2) is 14.3 Å². The summed E-state index contributed by atoms with van der Waals surface area (Å²) in [4.78, 5) is 26.1. The van der Waals surface area contributed by atoms with Crippen molar-refractivity contribution in [3.05, 3.63) is 102 Å². The molecular weight excluding hydrogens is 556 g/mol. The number of carbonyl (C=O) groups excluding carboxylic acids is 2. The molecule has 2 N–H and O–H groups in total. The normalized spacial score (nSPS) is 18.2. The summed E-state index contributed by atoms with van der Waals surface area (Å²) < 4.78 is 18.9. The van der Waals surface area contributed by atoms with Gasteiger partial charge in [-0.2, -0.15) is 5.10 Å². The summed E-state index contributed by atoms with van der Waals surface area (Å²) in [6.45, 7) is 8.02. The Morgan fingerprint density at radius 3 is 2.27 bits per heavy atom. The van der Waals surface area contributed by atoms with Gasteiger partial charge < -0.3 is 19.5 Å². The molecule has 1 aliphatic heterocycles. The van der Waals surface area contributed by atoms with E-state index in [1.54, 1.807) is 23.9 Å². The lowest BCUT2D eigenvalue weighted by atomic mass is 10.0. The third kappa shape index (κ3) is 7.35. The molecule has 2 heterocycles. The van der Waals surface area contributed by atoms with Gasteiger partial charge in [0.2, 0.25) is 0 Å². The van der Waals surface area contributed by atoms with E-state index in [4.69, 9.17) is 19.3 Å². The van der Waals surface area contributed by atoms with Gasteiger partial charge in [-0.15, -0.1) is 0 Å². The molecule has 1 aromatic heterocycles. The number of rotatable bonds is 9. The van der Waals surface area contributed by atoms with Crippen LogP contribution in [-0.2, 0) is 14.2 Å². The van der Waals surface area contributed by atoms with Crippen molar-refractivity contribution in [3.8, 4) is 16.9 Å². The van der Waals surface area contributed by atoms with Crippen molar-refractivity contribution in [2.45, 2.75) is 64.4 Å². The van der Waals surface area contributed by atoms with Gasteiger partial charge >= 0.3 is 12.0 Å². The van der Waals surface area contributed by atoms with Gasteiger partial charge in [0.1, 0.15) is 17.5 Å². The minimum atomic E-state index is -0.585. The summed E-state index contributed by atoms with van der Waals surface area (Å²) in [6, 6.07) is 26.2. The Morgan fingerprint density at radius 1 is 0.977 bits per heavy atom. The molecule has 1 saturated heterocycles. The number of benzene rings is 3. The van der Waals surface area contributed by atoms with Crippen LogP contribution in [0.25, 0.3) is 16.9 Å². The van der Waals surface area contributed by atoms with E-state index in [9.17, 15) is 9.59 Å². The number of carbonyl (C=O) groups is 2. The fraction of sp³-hybridized carbons (Fsp3) is 0.343. The molecule has 1 unspecified atom stereocenters. The van der Waals surface area contributed by atoms with Gasteiger partial charge in [0.25, 0.3) is 0 Å². The second-order valence-electron chi connectivity index (χ2n) is 12.0. The third-order valence-corrected chi connectivity index (χ3v) is 7.46. The lowest BCUT2D eigenvalue weighted by Crippen LogP contribution is -2.40. The van der Waals surface area contributed by atoms with Crippen LogP contribution in [0.15, 0.2) is 84.9 Å². The number of hydrogen-bond acceptors (Lipinski definition) is 6. The van der Waals surface area contributed by atoms with Crippen LogP contribution >= 0.6 is 0 Å². The first-order chi connectivity index (χ1) is 21.1. The molecular formula is C35H40N4O5. The van der Waals surface area contributed by atoms with E-state index in [1.165, 1.54) is 0 Å². The van der Waals surface area contributed by atoms with Gasteiger partial charge in [0.15, 0.2) is 0 Å². The van der Waals surface area contributed by atoms with Crippen LogP contribution in [-0.4, -0.2) is 53.2 Å². The van der Waals surface area contributed by atoms with E-state index < -0.39 is 5.60 Å². The van der Waals surface area contributed by atoms with Gasteiger partial charge in [0.05, 0.1) is 29.1 Å². The van der Waals surface area contributed by atoms with Crippen molar-refractivity contribution in [1.29, 1.82) is 0 Å². The highest BCUT2D eigenvalue weighted by atomic mass is 16.6. The van der Waals surface area contributed by atoms with E-state index >= 15 is 0 Å². The number of amides is 2. The lowest BCUT2D eigenvalue weighted by molar-refractivity contribution is 0.00693. The largest absolute Gasteiger partial charge is 0.456 e. The summed E-state index contributed by atoms with van der Waals surface area (Å²) in [6.07, 6.45) is 1.11. The Kier molecular flexibility index (Phi) is 9.46. The fourth-order valence-electron chi connectivity index (χ4n) is 5.37. The SMILES string of the molecule is COCCC1C[C@@H](NC(=O)Nc2c(C)c(-c3ccc(C(=O)OC(C)(C)C)cc3)nn2-c2ccccc2)[C@H](c2ccccc2)O1. The summed E-state index contributed by atoms with van der Waals surface area (Å²) in [5.74, 6) is 0.162. The van der Waals surface area contributed by atoms with E-state index in [2.05, 4.69) is 10.6 Å². The molecule has 9 heteroatoms. The van der Waals surface area contributed by atoms with Crippen LogP contribution in [0.1, 0.15) is 61.2 Å². The highest BCUT2D eigenvalue weighted by Crippen LogP contribution is 2.35. The zero-order valence-corrected chi connectivity index (χ0v) is 25.9. The van der Waals surface area contributed by atoms with E-state index in [0.29, 0.717) is 30.1 Å². The van der Waals surface area contributed by atoms with Crippen molar-refractivity contribution in [2.24, 2.45) is 0 Å². The maximum absolute atomic E-state index is 13.6. The van der Waals surface area contributed by atoms with Crippen LogP contribution in [0.3, 0.4) is 0 Å². The molecule has 1 fully saturated rings. The average Bonchev–Trinajstić information content (AvgIpc) is 3.56. The number of esters is 1. The van der Waals surface area contributed by atoms with Crippen molar-refractivity contribution in [1.82, 2.24) is 15.1 Å². The molecule has 3 aromatic carbocycles. The van der Waals surface area contributed by atoms with Crippen LogP contribution in [0.4, 0.5) is 10.6 Å². The standard InChI is InChI=1S/C35H40N4O5/c1-23-30(24-16-18-26(19-17-24)33(40)44-35(2,3)4)38-39(27-14-10-7-11-15-27)32(23)37-34(41)36-29-22-28(20-21-42-5)43-31(29)25-12-8-6-9-13-25/h6-19,28-29,31H,20-22H2,1-5H3,(H2,36,37,41)/t28?,29-,31+/m1/s1. The number of ether oxygens (including phenoxy) is 3. The molecule has 5 rings (SSSR count). The second kappa shape index (κ2) is 13.4. The quantitative estimate of drug-likeness (QED) is 0.205. The molecule has 9 nitrogen and oxygen atoms in total. The molecule has 0 bridgehead atoms. The molecule has 44 heavy (non-hydrogen) atoms. The van der Waals surface area contributed by atoms with Crippen molar-refractivity contribution < 1.29 is 23.8 Å². The van der Waals surface area contributed by atoms with E-state index in [1.807, 2.05) is 100 Å². The number of para-hydroxylation sites is 1. The van der Waals surface area contributed by atoms with Gasteiger partial charge in [-0.05, 0) is 70.4 Å². The minimum absolute atomic E-state index is 0.0303. The first-order valence-electron chi connectivity index (χ1n) is 14.9. The van der Waals surface area contributed by atoms with E-state index in [-0.39, 0.29) is 30.3 Å². The first-order valence-corrected chi connectivity index (χ1v) is 14.9. The molecule has 1 aliphatic rings. The lowest BCUT2D eigenvalue weighted by Gasteiger charge is -2.21. The summed E-state index contributed by atoms with van der Waals surface area (Å²) in [7, 11) is 1.68. The Hall–Kier alpha value is -4.47. The number of methoxy groups -OCH3 is 1. The van der Waals surface area contributed by atoms with Crippen LogP contribution in [0, 0.1) is 6.92 Å². The van der Waals surface area contributed by atoms with Crippen molar-refractivity contribution in [2.75, 3.05) is 19.0 Å². The molecule has 0 spiro atoms. The molecule has 3 atom stereocenters. The molecule has 0 saturated carbocycles. The molecule has 0 aliphatic carbocycles. The topological polar surface area (TPSA) is 104 Å². The number of nitrogens with one attached hydrogen (secondary N) is 2. The summed E-state index contributed by atoms with van der Waals surface area (Å²) >= 11 is 0. The highest BCUT2D eigenvalue weighted by Gasteiger charge is 2.37. The number of nitrogens with zero attached hydrogens (tertiary/aromatic N) is 2. The Labute approximate surface area is 258 Å². The smallest absolute Gasteiger partial charge is 0.338 e. The Morgan fingerprint density at radius 2 is 1.64 bits per heavy atom. The maximum Gasteiger partial charge on any atom is 0.338 e.